The Morgan fingerprint density at radius 3 is 2.83 bits per heavy atom. The highest BCUT2D eigenvalue weighted by molar-refractivity contribution is 5.75. The molecule has 120 valence electrons. The van der Waals surface area contributed by atoms with Gasteiger partial charge in [-0.15, -0.1) is 0 Å². The molecule has 0 radical (unpaired) electrons. The van der Waals surface area contributed by atoms with Gasteiger partial charge in [-0.05, 0) is 61.3 Å². The Bertz CT molecular complexity index is 814. The van der Waals surface area contributed by atoms with Crippen molar-refractivity contribution in [2.45, 2.75) is 44.8 Å². The van der Waals surface area contributed by atoms with E-state index in [1.165, 1.54) is 19.3 Å². The average Bonchev–Trinajstić information content (AvgIpc) is 2.54. The van der Waals surface area contributed by atoms with E-state index in [2.05, 4.69) is 9.97 Å². The van der Waals surface area contributed by atoms with Gasteiger partial charge in [-0.25, -0.2) is 4.98 Å². The van der Waals surface area contributed by atoms with Crippen LogP contribution in [0, 0.1) is 23.2 Å². The molecule has 1 N–H and O–H groups in total. The van der Waals surface area contributed by atoms with Crippen LogP contribution in [0.4, 0.5) is 0 Å². The van der Waals surface area contributed by atoms with Crippen molar-refractivity contribution in [2.24, 2.45) is 23.2 Å². The van der Waals surface area contributed by atoms with Gasteiger partial charge in [-0.1, -0.05) is 0 Å². The maximum absolute atomic E-state index is 12.8. The number of aliphatic hydroxyl groups excluding tert-OH is 1. The number of hydrogen-bond acceptors (Lipinski definition) is 4. The molecule has 2 heterocycles. The fourth-order valence-electron chi connectivity index (χ4n) is 5.84. The summed E-state index contributed by atoms with van der Waals surface area (Å²) >= 11 is 0. The lowest BCUT2D eigenvalue weighted by molar-refractivity contribution is -0.139. The third kappa shape index (κ3) is 1.99. The van der Waals surface area contributed by atoms with Crippen LogP contribution in [0.5, 0.6) is 0 Å². The predicted molar refractivity (Wildman–Crippen MR) is 85.8 cm³/mol. The maximum Gasteiger partial charge on any atom is 0.262 e. The van der Waals surface area contributed by atoms with Gasteiger partial charge >= 0.3 is 0 Å². The Morgan fingerprint density at radius 1 is 1.26 bits per heavy atom. The van der Waals surface area contributed by atoms with Crippen LogP contribution < -0.4 is 5.56 Å². The standard InChI is InChI=1S/C18H21N3O2/c22-16-12-3-11-4-13(16)7-18(5-11,6-12)9-21-10-20-15-1-2-19-8-14(15)17(21)23/h1-2,8,10-13,16,22H,3-7,9H2/t11?,12-,13-,16?,18?/m1/s1. The Hall–Kier alpha value is -1.75. The van der Waals surface area contributed by atoms with Crippen molar-refractivity contribution in [3.63, 3.8) is 0 Å². The second-order valence-electron chi connectivity index (χ2n) is 8.03. The molecule has 0 saturated heterocycles. The van der Waals surface area contributed by atoms with E-state index in [-0.39, 0.29) is 17.1 Å². The molecule has 4 saturated carbocycles. The molecular weight excluding hydrogens is 290 g/mol. The summed E-state index contributed by atoms with van der Waals surface area (Å²) in [6.07, 6.45) is 10.5. The number of nitrogens with zero attached hydrogens (tertiary/aromatic N) is 3. The van der Waals surface area contributed by atoms with Crippen LogP contribution in [0.2, 0.25) is 0 Å². The Balaban J connectivity index is 1.53. The highest BCUT2D eigenvalue weighted by Crippen LogP contribution is 2.60. The van der Waals surface area contributed by atoms with Gasteiger partial charge in [-0.3, -0.25) is 14.3 Å². The highest BCUT2D eigenvalue weighted by atomic mass is 16.3. The van der Waals surface area contributed by atoms with Gasteiger partial charge in [0.25, 0.3) is 5.56 Å². The van der Waals surface area contributed by atoms with Crippen molar-refractivity contribution in [1.82, 2.24) is 14.5 Å². The molecule has 0 amide bonds. The van der Waals surface area contributed by atoms with E-state index < -0.39 is 0 Å². The van der Waals surface area contributed by atoms with E-state index in [1.54, 1.807) is 29.4 Å². The van der Waals surface area contributed by atoms with E-state index in [4.69, 9.17) is 0 Å². The normalized spacial score (nSPS) is 38.3. The van der Waals surface area contributed by atoms with E-state index in [0.29, 0.717) is 22.7 Å². The molecule has 0 aromatic carbocycles. The van der Waals surface area contributed by atoms with Crippen molar-refractivity contribution in [3.8, 4) is 0 Å². The molecular formula is C18H21N3O2. The summed E-state index contributed by atoms with van der Waals surface area (Å²) in [6, 6.07) is 1.78. The zero-order valence-electron chi connectivity index (χ0n) is 13.1. The lowest BCUT2D eigenvalue weighted by Gasteiger charge is -2.58. The van der Waals surface area contributed by atoms with E-state index in [9.17, 15) is 9.90 Å². The minimum atomic E-state index is -0.115. The van der Waals surface area contributed by atoms with Crippen LogP contribution in [-0.4, -0.2) is 25.7 Å². The molecule has 2 aromatic rings. The van der Waals surface area contributed by atoms with Gasteiger partial charge in [-0.2, -0.15) is 0 Å². The molecule has 4 aliphatic carbocycles. The monoisotopic (exact) mass is 311 g/mol. The van der Waals surface area contributed by atoms with Crippen LogP contribution in [0.15, 0.2) is 29.6 Å². The predicted octanol–water partition coefficient (Wildman–Crippen LogP) is 1.98. The molecule has 5 heteroatoms. The van der Waals surface area contributed by atoms with Crippen molar-refractivity contribution >= 4 is 10.9 Å². The van der Waals surface area contributed by atoms with Crippen LogP contribution in [0.25, 0.3) is 10.9 Å². The quantitative estimate of drug-likeness (QED) is 0.921. The molecule has 0 unspecified atom stereocenters. The molecule has 4 aliphatic rings. The van der Waals surface area contributed by atoms with Gasteiger partial charge in [0.2, 0.25) is 0 Å². The Morgan fingerprint density at radius 2 is 2.04 bits per heavy atom. The molecule has 5 nitrogen and oxygen atoms in total. The number of pyridine rings is 1. The summed E-state index contributed by atoms with van der Waals surface area (Å²) < 4.78 is 1.78. The minimum absolute atomic E-state index is 0.0133. The molecule has 6 rings (SSSR count). The fraction of sp³-hybridized carbons (Fsp3) is 0.611. The lowest BCUT2D eigenvalue weighted by atomic mass is 9.48. The maximum atomic E-state index is 12.8. The molecule has 4 bridgehead atoms. The fourth-order valence-corrected chi connectivity index (χ4v) is 5.84. The highest BCUT2D eigenvalue weighted by Gasteiger charge is 2.55. The topological polar surface area (TPSA) is 68.0 Å². The van der Waals surface area contributed by atoms with E-state index in [0.717, 1.165) is 25.3 Å². The first kappa shape index (κ1) is 13.7. The van der Waals surface area contributed by atoms with E-state index >= 15 is 0 Å². The lowest BCUT2D eigenvalue weighted by Crippen LogP contribution is -2.55. The van der Waals surface area contributed by atoms with Crippen LogP contribution >= 0.6 is 0 Å². The number of rotatable bonds is 2. The van der Waals surface area contributed by atoms with Crippen molar-refractivity contribution in [2.75, 3.05) is 0 Å². The average molecular weight is 311 g/mol. The van der Waals surface area contributed by atoms with Crippen molar-refractivity contribution in [3.05, 3.63) is 35.1 Å². The minimum Gasteiger partial charge on any atom is -0.393 e. The number of aromatic nitrogens is 3. The molecule has 2 aromatic heterocycles. The zero-order valence-corrected chi connectivity index (χ0v) is 13.1. The molecule has 0 spiro atoms. The molecule has 4 fully saturated rings. The van der Waals surface area contributed by atoms with Crippen LogP contribution in [0.1, 0.15) is 32.1 Å². The summed E-state index contributed by atoms with van der Waals surface area (Å²) in [7, 11) is 0. The second-order valence-corrected chi connectivity index (χ2v) is 8.03. The molecule has 2 atom stereocenters. The Kier molecular flexibility index (Phi) is 2.75. The molecule has 0 aliphatic heterocycles. The first-order chi connectivity index (χ1) is 11.1. The van der Waals surface area contributed by atoms with Crippen LogP contribution in [-0.2, 0) is 6.54 Å². The SMILES string of the molecule is O=c1c2cnccc2ncn1CC12CC3C[C@H](C1)C(O)[C@H](C3)C2. The first-order valence-electron chi connectivity index (χ1n) is 8.61. The third-order valence-electron chi connectivity index (χ3n) is 6.48. The van der Waals surface area contributed by atoms with Gasteiger partial charge in [0, 0.05) is 18.9 Å². The smallest absolute Gasteiger partial charge is 0.262 e. The summed E-state index contributed by atoms with van der Waals surface area (Å²) in [4.78, 5) is 21.2. The van der Waals surface area contributed by atoms with Gasteiger partial charge in [0.1, 0.15) is 0 Å². The second kappa shape index (κ2) is 4.63. The summed E-state index contributed by atoms with van der Waals surface area (Å²) in [5.74, 6) is 1.61. The zero-order chi connectivity index (χ0) is 15.6. The van der Waals surface area contributed by atoms with Gasteiger partial charge < -0.3 is 5.11 Å². The summed E-state index contributed by atoms with van der Waals surface area (Å²) in [5.41, 5.74) is 0.901. The van der Waals surface area contributed by atoms with Gasteiger partial charge in [0.15, 0.2) is 0 Å². The Labute approximate surface area is 134 Å². The first-order valence-corrected chi connectivity index (χ1v) is 8.61. The summed E-state index contributed by atoms with van der Waals surface area (Å²) in [5, 5.41) is 11.0. The molecule has 23 heavy (non-hydrogen) atoms. The van der Waals surface area contributed by atoms with Crippen molar-refractivity contribution < 1.29 is 5.11 Å². The largest absolute Gasteiger partial charge is 0.393 e. The van der Waals surface area contributed by atoms with Gasteiger partial charge in [0.05, 0.1) is 23.3 Å². The van der Waals surface area contributed by atoms with E-state index in [1.807, 2.05) is 0 Å². The van der Waals surface area contributed by atoms with Crippen molar-refractivity contribution in [1.29, 1.82) is 0 Å². The number of hydrogen-bond donors (Lipinski definition) is 1. The summed E-state index contributed by atoms with van der Waals surface area (Å²) in [6.45, 7) is 0.736. The number of fused-ring (bicyclic) bond motifs is 1. The number of aliphatic hydroxyl groups is 1. The van der Waals surface area contributed by atoms with Crippen LogP contribution in [0.3, 0.4) is 0 Å². The third-order valence-corrected chi connectivity index (χ3v) is 6.48.